The van der Waals surface area contributed by atoms with Crippen molar-refractivity contribution in [3.8, 4) is 11.5 Å². The highest BCUT2D eigenvalue weighted by Crippen LogP contribution is 2.40. The van der Waals surface area contributed by atoms with E-state index in [1.54, 1.807) is 56.4 Å². The van der Waals surface area contributed by atoms with Gasteiger partial charge in [0.2, 0.25) is 17.7 Å². The molecule has 3 heterocycles. The van der Waals surface area contributed by atoms with Crippen LogP contribution in [0.15, 0.2) is 77.9 Å². The summed E-state index contributed by atoms with van der Waals surface area (Å²) in [6.45, 7) is 2.59. The van der Waals surface area contributed by atoms with E-state index in [-0.39, 0.29) is 30.4 Å². The SMILES string of the molecule is C[C@H](NC(=O)Cc1ccc(N=[N+]=[N-])cc1)C(=O)N[C@H]1C(=O)N(C)c2cc(OCCCCCNC(=O)CCCC[C@@H]3SC[C@@H]4NC(=O)N[C@@H]43)ccc2O[C@H]1c1ccccc1. The van der Waals surface area contributed by atoms with Gasteiger partial charge in [-0.1, -0.05) is 66.1 Å². The van der Waals surface area contributed by atoms with E-state index in [1.165, 1.54) is 4.90 Å². The lowest BCUT2D eigenvalue weighted by Gasteiger charge is -2.28. The van der Waals surface area contributed by atoms with Gasteiger partial charge < -0.3 is 41.0 Å². The van der Waals surface area contributed by atoms with Crippen molar-refractivity contribution >= 4 is 52.8 Å². The lowest BCUT2D eigenvalue weighted by atomic mass is 10.0. The first-order chi connectivity index (χ1) is 28.6. The summed E-state index contributed by atoms with van der Waals surface area (Å²) in [5.41, 5.74) is 10.9. The van der Waals surface area contributed by atoms with Crippen LogP contribution < -0.4 is 41.0 Å². The average Bonchev–Trinajstić information content (AvgIpc) is 3.77. The van der Waals surface area contributed by atoms with Crippen LogP contribution in [0, 0.1) is 0 Å². The van der Waals surface area contributed by atoms with E-state index in [0.29, 0.717) is 58.8 Å². The highest BCUT2D eigenvalue weighted by Gasteiger charge is 2.43. The Morgan fingerprint density at radius 1 is 1.00 bits per heavy atom. The maximum atomic E-state index is 14.1. The number of nitrogens with one attached hydrogen (secondary N) is 5. The van der Waals surface area contributed by atoms with Crippen LogP contribution in [0.5, 0.6) is 11.5 Å². The van der Waals surface area contributed by atoms with Crippen molar-refractivity contribution in [2.24, 2.45) is 5.11 Å². The number of ether oxygens (including phenoxy) is 2. The van der Waals surface area contributed by atoms with Crippen LogP contribution in [0.25, 0.3) is 10.4 Å². The number of benzene rings is 3. The Labute approximate surface area is 347 Å². The number of urea groups is 1. The van der Waals surface area contributed by atoms with Crippen molar-refractivity contribution in [2.45, 2.75) is 93.8 Å². The van der Waals surface area contributed by atoms with Gasteiger partial charge in [-0.25, -0.2) is 4.79 Å². The van der Waals surface area contributed by atoms with E-state index in [0.717, 1.165) is 44.3 Å². The third kappa shape index (κ3) is 11.6. The molecule has 3 aliphatic heterocycles. The van der Waals surface area contributed by atoms with Crippen molar-refractivity contribution in [1.82, 2.24) is 26.6 Å². The van der Waals surface area contributed by atoms with Crippen LogP contribution in [-0.4, -0.2) is 85.0 Å². The quantitative estimate of drug-likeness (QED) is 0.0348. The molecule has 17 heteroatoms. The first-order valence-corrected chi connectivity index (χ1v) is 21.1. The highest BCUT2D eigenvalue weighted by molar-refractivity contribution is 8.00. The van der Waals surface area contributed by atoms with Crippen molar-refractivity contribution in [2.75, 3.05) is 30.9 Å². The highest BCUT2D eigenvalue weighted by atomic mass is 32.2. The van der Waals surface area contributed by atoms with Crippen LogP contribution in [0.2, 0.25) is 0 Å². The zero-order valence-electron chi connectivity index (χ0n) is 33.2. The lowest BCUT2D eigenvalue weighted by molar-refractivity contribution is -0.132. The molecule has 0 aliphatic carbocycles. The molecule has 2 fully saturated rings. The number of rotatable bonds is 19. The van der Waals surface area contributed by atoms with Crippen LogP contribution in [0.1, 0.15) is 69.1 Å². The monoisotopic (exact) mass is 825 g/mol. The van der Waals surface area contributed by atoms with Gasteiger partial charge in [-0.05, 0) is 67.8 Å². The lowest BCUT2D eigenvalue weighted by Crippen LogP contribution is -2.55. The summed E-state index contributed by atoms with van der Waals surface area (Å²) < 4.78 is 12.5. The first-order valence-electron chi connectivity index (χ1n) is 20.0. The molecule has 0 aromatic heterocycles. The Kier molecular flexibility index (Phi) is 14.9. The van der Waals surface area contributed by atoms with Gasteiger partial charge in [0, 0.05) is 47.7 Å². The molecule has 5 N–H and O–H groups in total. The van der Waals surface area contributed by atoms with E-state index in [2.05, 4.69) is 36.6 Å². The van der Waals surface area contributed by atoms with Gasteiger partial charge in [0.15, 0.2) is 6.10 Å². The summed E-state index contributed by atoms with van der Waals surface area (Å²) in [6.07, 6.45) is 4.83. The summed E-state index contributed by atoms with van der Waals surface area (Å²) >= 11 is 1.89. The molecule has 3 aliphatic rings. The number of unbranched alkanes of at least 4 members (excludes halogenated alkanes) is 3. The number of thioether (sulfide) groups is 1. The molecule has 0 radical (unpaired) electrons. The average molecular weight is 826 g/mol. The first kappa shape index (κ1) is 42.7. The Hall–Kier alpha value is -5.93. The van der Waals surface area contributed by atoms with E-state index in [9.17, 15) is 24.0 Å². The summed E-state index contributed by atoms with van der Waals surface area (Å²) in [4.78, 5) is 68.6. The van der Waals surface area contributed by atoms with Crippen molar-refractivity contribution < 1.29 is 33.4 Å². The molecule has 6 amide bonds. The fourth-order valence-corrected chi connectivity index (χ4v) is 8.93. The van der Waals surface area contributed by atoms with E-state index in [4.69, 9.17) is 15.0 Å². The number of nitrogens with zero attached hydrogens (tertiary/aromatic N) is 4. The largest absolute Gasteiger partial charge is 0.494 e. The van der Waals surface area contributed by atoms with Crippen molar-refractivity contribution in [3.05, 3.63) is 94.4 Å². The van der Waals surface area contributed by atoms with Crippen LogP contribution in [0.4, 0.5) is 16.2 Å². The Morgan fingerprint density at radius 3 is 2.58 bits per heavy atom. The molecule has 0 bridgehead atoms. The zero-order valence-corrected chi connectivity index (χ0v) is 34.0. The number of azide groups is 1. The fraction of sp³-hybridized carbons (Fsp3) is 0.452. The number of carbonyl (C=O) groups excluding carboxylic acids is 5. The zero-order chi connectivity index (χ0) is 41.7. The van der Waals surface area contributed by atoms with Crippen molar-refractivity contribution in [3.63, 3.8) is 0 Å². The van der Waals surface area contributed by atoms with E-state index in [1.807, 2.05) is 42.1 Å². The minimum Gasteiger partial charge on any atom is -0.494 e. The molecule has 3 aromatic carbocycles. The molecule has 0 unspecified atom stereocenters. The number of anilines is 1. The van der Waals surface area contributed by atoms with Gasteiger partial charge in [0.25, 0.3) is 5.91 Å². The minimum atomic E-state index is -1.13. The van der Waals surface area contributed by atoms with Crippen LogP contribution >= 0.6 is 11.8 Å². The third-order valence-electron chi connectivity index (χ3n) is 10.6. The number of hydrogen-bond acceptors (Lipinski definition) is 9. The maximum Gasteiger partial charge on any atom is 0.315 e. The molecular formula is C42H51N9O7S. The predicted molar refractivity (Wildman–Crippen MR) is 224 cm³/mol. The summed E-state index contributed by atoms with van der Waals surface area (Å²) in [5.74, 6) is 0.620. The molecule has 6 atom stereocenters. The van der Waals surface area contributed by atoms with Gasteiger partial charge in [-0.15, -0.1) is 0 Å². The second-order valence-electron chi connectivity index (χ2n) is 14.9. The predicted octanol–water partition coefficient (Wildman–Crippen LogP) is 5.35. The van der Waals surface area contributed by atoms with Gasteiger partial charge >= 0.3 is 6.03 Å². The topological polar surface area (TPSA) is 216 Å². The van der Waals surface area contributed by atoms with Crippen LogP contribution in [-0.2, 0) is 25.6 Å². The second kappa shape index (κ2) is 20.7. The van der Waals surface area contributed by atoms with Gasteiger partial charge in [-0.3, -0.25) is 19.2 Å². The minimum absolute atomic E-state index is 0.00226. The smallest absolute Gasteiger partial charge is 0.315 e. The number of carbonyl (C=O) groups is 5. The van der Waals surface area contributed by atoms with Gasteiger partial charge in [0.1, 0.15) is 23.6 Å². The van der Waals surface area contributed by atoms with E-state index < -0.39 is 35.9 Å². The molecule has 2 saturated heterocycles. The second-order valence-corrected chi connectivity index (χ2v) is 16.2. The summed E-state index contributed by atoms with van der Waals surface area (Å²) in [7, 11) is 1.62. The van der Waals surface area contributed by atoms with Crippen molar-refractivity contribution in [1.29, 1.82) is 0 Å². The molecule has 3 aromatic rings. The molecule has 312 valence electrons. The fourth-order valence-electron chi connectivity index (χ4n) is 7.39. The Bertz CT molecular complexity index is 2010. The van der Waals surface area contributed by atoms with Crippen LogP contribution in [0.3, 0.4) is 0 Å². The number of amides is 6. The molecule has 0 saturated carbocycles. The number of hydrogen-bond donors (Lipinski definition) is 5. The Balaban J connectivity index is 0.950. The van der Waals surface area contributed by atoms with E-state index >= 15 is 0 Å². The molecule has 6 rings (SSSR count). The molecule has 16 nitrogen and oxygen atoms in total. The normalized spacial score (nSPS) is 21.0. The van der Waals surface area contributed by atoms with Gasteiger partial charge in [0.05, 0.1) is 30.8 Å². The number of fused-ring (bicyclic) bond motifs is 2. The maximum absolute atomic E-state index is 14.1. The number of likely N-dealkylation sites (N-methyl/N-ethyl adjacent to an activating group) is 1. The summed E-state index contributed by atoms with van der Waals surface area (Å²) in [6, 6.07) is 19.2. The standard InChI is InChI=1S/C42H51N9O7S/c1-26(45-36(53)23-27-15-17-29(18-16-27)49-50-43)40(54)47-38-39(28-11-5-3-6-12-28)58-33-20-19-30(24-32(33)51(2)41(38)55)57-22-10-4-9-21-44-35(52)14-8-7-13-34-37-31(25-59-34)46-42(56)48-37/h3,5-6,11-12,15-20,24,26,31,34,37-39H,4,7-10,13-14,21-23,25H2,1-2H3,(H,44,52)(H,45,53)(H,47,54)(H2,46,48,56)/t26-,31-,34-,37-,38+,39-/m0/s1. The molecule has 0 spiro atoms. The molecular weight excluding hydrogens is 775 g/mol. The third-order valence-corrected chi connectivity index (χ3v) is 12.1. The molecule has 59 heavy (non-hydrogen) atoms. The summed E-state index contributed by atoms with van der Waals surface area (Å²) in [5, 5.41) is 18.4. The Morgan fingerprint density at radius 2 is 1.80 bits per heavy atom. The van der Waals surface area contributed by atoms with Gasteiger partial charge in [-0.2, -0.15) is 11.8 Å².